The number of piperidine rings is 1. The van der Waals surface area contributed by atoms with Crippen molar-refractivity contribution in [1.82, 2.24) is 30.0 Å². The molecule has 0 bridgehead atoms. The molecule has 1 unspecified atom stereocenters. The quantitative estimate of drug-likeness (QED) is 0.934. The SMILES string of the molecule is CC1CCCN(C(=O)NCc2cccnc2-n2cncn2)C1. The van der Waals surface area contributed by atoms with Crippen molar-refractivity contribution in [2.24, 2.45) is 5.92 Å². The Labute approximate surface area is 129 Å². The van der Waals surface area contributed by atoms with E-state index in [1.54, 1.807) is 17.2 Å². The van der Waals surface area contributed by atoms with Crippen LogP contribution < -0.4 is 5.32 Å². The number of nitrogens with zero attached hydrogens (tertiary/aromatic N) is 5. The number of amides is 2. The van der Waals surface area contributed by atoms with E-state index >= 15 is 0 Å². The summed E-state index contributed by atoms with van der Waals surface area (Å²) >= 11 is 0. The minimum absolute atomic E-state index is 0.0139. The molecule has 1 N–H and O–H groups in total. The fourth-order valence-corrected chi connectivity index (χ4v) is 2.75. The van der Waals surface area contributed by atoms with Crippen LogP contribution in [0, 0.1) is 5.92 Å². The number of nitrogens with one attached hydrogen (secondary N) is 1. The van der Waals surface area contributed by atoms with Gasteiger partial charge in [-0.25, -0.2) is 19.4 Å². The molecule has 2 aromatic rings. The average Bonchev–Trinajstić information content (AvgIpc) is 3.07. The summed E-state index contributed by atoms with van der Waals surface area (Å²) in [4.78, 5) is 22.4. The lowest BCUT2D eigenvalue weighted by molar-refractivity contribution is 0.169. The van der Waals surface area contributed by atoms with E-state index in [4.69, 9.17) is 0 Å². The van der Waals surface area contributed by atoms with Gasteiger partial charge in [0.1, 0.15) is 12.7 Å². The van der Waals surface area contributed by atoms with Gasteiger partial charge in [-0.1, -0.05) is 13.0 Å². The maximum atomic E-state index is 12.3. The Morgan fingerprint density at radius 3 is 3.18 bits per heavy atom. The van der Waals surface area contributed by atoms with Crippen LogP contribution in [0.25, 0.3) is 5.82 Å². The number of pyridine rings is 1. The molecule has 0 spiro atoms. The predicted molar refractivity (Wildman–Crippen MR) is 81.4 cm³/mol. The van der Waals surface area contributed by atoms with Crippen LogP contribution in [0.4, 0.5) is 4.79 Å². The van der Waals surface area contributed by atoms with Gasteiger partial charge in [0.2, 0.25) is 0 Å². The third-order valence-electron chi connectivity index (χ3n) is 3.88. The topological polar surface area (TPSA) is 75.9 Å². The molecule has 1 atom stereocenters. The smallest absolute Gasteiger partial charge is 0.317 e. The second-order valence-electron chi connectivity index (χ2n) is 5.68. The van der Waals surface area contributed by atoms with Gasteiger partial charge in [0.25, 0.3) is 0 Å². The molecule has 7 nitrogen and oxygen atoms in total. The monoisotopic (exact) mass is 300 g/mol. The van der Waals surface area contributed by atoms with Gasteiger partial charge in [0.05, 0.1) is 0 Å². The molecule has 1 fully saturated rings. The van der Waals surface area contributed by atoms with E-state index in [0.29, 0.717) is 18.3 Å². The maximum Gasteiger partial charge on any atom is 0.317 e. The van der Waals surface area contributed by atoms with Gasteiger partial charge in [-0.3, -0.25) is 0 Å². The largest absolute Gasteiger partial charge is 0.334 e. The lowest BCUT2D eigenvalue weighted by Crippen LogP contribution is -2.44. The lowest BCUT2D eigenvalue weighted by atomic mass is 10.0. The summed E-state index contributed by atoms with van der Waals surface area (Å²) in [6.45, 7) is 4.27. The van der Waals surface area contributed by atoms with E-state index in [1.807, 2.05) is 17.0 Å². The second kappa shape index (κ2) is 6.55. The first-order chi connectivity index (χ1) is 10.7. The summed E-state index contributed by atoms with van der Waals surface area (Å²) in [5.74, 6) is 1.26. The van der Waals surface area contributed by atoms with Crippen LogP contribution >= 0.6 is 0 Å². The van der Waals surface area contributed by atoms with Crippen molar-refractivity contribution < 1.29 is 4.79 Å². The number of carbonyl (C=O) groups excluding carboxylic acids is 1. The molecule has 3 rings (SSSR count). The van der Waals surface area contributed by atoms with Gasteiger partial charge in [-0.05, 0) is 24.8 Å². The molecular weight excluding hydrogens is 280 g/mol. The summed E-state index contributed by atoms with van der Waals surface area (Å²) < 4.78 is 1.60. The molecule has 2 amide bonds. The molecule has 1 saturated heterocycles. The highest BCUT2D eigenvalue weighted by atomic mass is 16.2. The lowest BCUT2D eigenvalue weighted by Gasteiger charge is -2.31. The van der Waals surface area contributed by atoms with Crippen molar-refractivity contribution in [2.75, 3.05) is 13.1 Å². The van der Waals surface area contributed by atoms with E-state index < -0.39 is 0 Å². The Bertz CT molecular complexity index is 627. The maximum absolute atomic E-state index is 12.3. The molecule has 3 heterocycles. The van der Waals surface area contributed by atoms with E-state index in [1.165, 1.54) is 12.7 Å². The summed E-state index contributed by atoms with van der Waals surface area (Å²) in [5, 5.41) is 7.07. The van der Waals surface area contributed by atoms with Crippen LogP contribution in [0.1, 0.15) is 25.3 Å². The summed E-state index contributed by atoms with van der Waals surface area (Å²) in [6.07, 6.45) is 7.04. The van der Waals surface area contributed by atoms with Crippen molar-refractivity contribution in [3.63, 3.8) is 0 Å². The molecule has 0 saturated carbocycles. The fraction of sp³-hybridized carbons (Fsp3) is 0.467. The Balaban J connectivity index is 1.65. The molecule has 0 aliphatic carbocycles. The highest BCUT2D eigenvalue weighted by Gasteiger charge is 2.20. The normalized spacial score (nSPS) is 18.2. The Morgan fingerprint density at radius 1 is 1.50 bits per heavy atom. The number of carbonyl (C=O) groups is 1. The van der Waals surface area contributed by atoms with Crippen molar-refractivity contribution in [3.8, 4) is 5.82 Å². The van der Waals surface area contributed by atoms with Crippen molar-refractivity contribution in [2.45, 2.75) is 26.3 Å². The highest BCUT2D eigenvalue weighted by Crippen LogP contribution is 2.15. The average molecular weight is 300 g/mol. The first-order valence-electron chi connectivity index (χ1n) is 7.55. The first kappa shape index (κ1) is 14.5. The van der Waals surface area contributed by atoms with E-state index in [-0.39, 0.29) is 6.03 Å². The minimum Gasteiger partial charge on any atom is -0.334 e. The zero-order valence-corrected chi connectivity index (χ0v) is 12.6. The second-order valence-corrected chi connectivity index (χ2v) is 5.68. The molecule has 1 aliphatic heterocycles. The number of aromatic nitrogens is 4. The van der Waals surface area contributed by atoms with Crippen LogP contribution in [-0.4, -0.2) is 43.8 Å². The zero-order valence-electron chi connectivity index (χ0n) is 12.6. The molecule has 0 aromatic carbocycles. The fourth-order valence-electron chi connectivity index (χ4n) is 2.75. The summed E-state index contributed by atoms with van der Waals surface area (Å²) in [5.41, 5.74) is 0.909. The van der Waals surface area contributed by atoms with Gasteiger partial charge < -0.3 is 10.2 Å². The van der Waals surface area contributed by atoms with E-state index in [2.05, 4.69) is 27.3 Å². The van der Waals surface area contributed by atoms with Crippen molar-refractivity contribution in [3.05, 3.63) is 36.5 Å². The Kier molecular flexibility index (Phi) is 4.32. The zero-order chi connectivity index (χ0) is 15.4. The number of rotatable bonds is 3. The third kappa shape index (κ3) is 3.24. The number of hydrogen-bond acceptors (Lipinski definition) is 4. The number of likely N-dealkylation sites (tertiary alicyclic amines) is 1. The first-order valence-corrected chi connectivity index (χ1v) is 7.55. The van der Waals surface area contributed by atoms with Crippen LogP contribution in [0.15, 0.2) is 31.0 Å². The van der Waals surface area contributed by atoms with Crippen LogP contribution in [0.3, 0.4) is 0 Å². The Morgan fingerprint density at radius 2 is 2.41 bits per heavy atom. The van der Waals surface area contributed by atoms with E-state index in [0.717, 1.165) is 25.1 Å². The molecule has 22 heavy (non-hydrogen) atoms. The summed E-state index contributed by atoms with van der Waals surface area (Å²) in [7, 11) is 0. The molecule has 116 valence electrons. The van der Waals surface area contributed by atoms with Crippen molar-refractivity contribution in [1.29, 1.82) is 0 Å². The van der Waals surface area contributed by atoms with Gasteiger partial charge in [-0.2, -0.15) is 5.10 Å². The van der Waals surface area contributed by atoms with Crippen LogP contribution in [-0.2, 0) is 6.54 Å². The molecule has 1 aliphatic rings. The predicted octanol–water partition coefficient (Wildman–Crippen LogP) is 1.60. The van der Waals surface area contributed by atoms with E-state index in [9.17, 15) is 4.79 Å². The van der Waals surface area contributed by atoms with Gasteiger partial charge >= 0.3 is 6.03 Å². The van der Waals surface area contributed by atoms with Crippen molar-refractivity contribution >= 4 is 6.03 Å². The molecular formula is C15H20N6O. The summed E-state index contributed by atoms with van der Waals surface area (Å²) in [6, 6.07) is 3.77. The molecule has 0 radical (unpaired) electrons. The van der Waals surface area contributed by atoms with Gasteiger partial charge in [0.15, 0.2) is 5.82 Å². The van der Waals surface area contributed by atoms with Crippen LogP contribution in [0.5, 0.6) is 0 Å². The number of hydrogen-bond donors (Lipinski definition) is 1. The standard InChI is InChI=1S/C15H20N6O/c1-12-4-3-7-20(9-12)15(22)18-8-13-5-2-6-17-14(13)21-11-16-10-19-21/h2,5-6,10-12H,3-4,7-9H2,1H3,(H,18,22). The Hall–Kier alpha value is -2.44. The third-order valence-corrected chi connectivity index (χ3v) is 3.88. The van der Waals surface area contributed by atoms with Crippen LogP contribution in [0.2, 0.25) is 0 Å². The van der Waals surface area contributed by atoms with Gasteiger partial charge in [0, 0.05) is 31.4 Å². The molecule has 2 aromatic heterocycles. The number of urea groups is 1. The van der Waals surface area contributed by atoms with Gasteiger partial charge in [-0.15, -0.1) is 0 Å². The minimum atomic E-state index is -0.0139. The highest BCUT2D eigenvalue weighted by molar-refractivity contribution is 5.74. The molecule has 7 heteroatoms.